The summed E-state index contributed by atoms with van der Waals surface area (Å²) >= 11 is 0. The van der Waals surface area contributed by atoms with Crippen LogP contribution in [0.5, 0.6) is 0 Å². The highest BCUT2D eigenvalue weighted by Gasteiger charge is 2.39. The molecule has 0 radical (unpaired) electrons. The number of carbonyl (C=O) groups is 2. The number of hydrogen-bond acceptors (Lipinski definition) is 3. The Hall–Kier alpha value is -1.10. The van der Waals surface area contributed by atoms with Gasteiger partial charge >= 0.3 is 5.97 Å². The van der Waals surface area contributed by atoms with Crippen LogP contribution >= 0.6 is 0 Å². The van der Waals surface area contributed by atoms with E-state index in [1.165, 1.54) is 4.90 Å². The third-order valence-corrected chi connectivity index (χ3v) is 2.00. The van der Waals surface area contributed by atoms with Gasteiger partial charge in [-0.15, -0.1) is 0 Å². The van der Waals surface area contributed by atoms with Crippen molar-refractivity contribution in [1.82, 2.24) is 4.90 Å². The van der Waals surface area contributed by atoms with E-state index in [9.17, 15) is 9.59 Å². The number of amides is 1. The lowest BCUT2D eigenvalue weighted by molar-refractivity contribution is -0.143. The van der Waals surface area contributed by atoms with Crippen molar-refractivity contribution in [2.45, 2.75) is 18.9 Å². The van der Waals surface area contributed by atoms with Crippen molar-refractivity contribution in [2.24, 2.45) is 5.73 Å². The molecule has 0 aromatic heterocycles. The van der Waals surface area contributed by atoms with Crippen LogP contribution in [0.4, 0.5) is 0 Å². The first-order chi connectivity index (χ1) is 5.43. The second-order valence-electron chi connectivity index (χ2n) is 3.29. The molecule has 68 valence electrons. The molecule has 5 heteroatoms. The summed E-state index contributed by atoms with van der Waals surface area (Å²) in [4.78, 5) is 22.8. The van der Waals surface area contributed by atoms with E-state index in [-0.39, 0.29) is 12.5 Å². The van der Waals surface area contributed by atoms with E-state index in [0.29, 0.717) is 13.0 Å². The Bertz CT molecular complexity index is 225. The molecule has 1 aliphatic heterocycles. The fourth-order valence-corrected chi connectivity index (χ4v) is 1.25. The van der Waals surface area contributed by atoms with Crippen LogP contribution in [0.25, 0.3) is 0 Å². The maximum atomic E-state index is 11.3. The van der Waals surface area contributed by atoms with Crippen molar-refractivity contribution >= 4 is 11.9 Å². The average Bonchev–Trinajstić information content (AvgIpc) is 2.15. The van der Waals surface area contributed by atoms with Crippen LogP contribution in [-0.4, -0.2) is 40.5 Å². The molecule has 0 unspecified atom stereocenters. The molecule has 1 rings (SSSR count). The number of carboxylic acid groups (broad SMARTS) is 1. The fraction of sp³-hybridized carbons (Fsp3) is 0.714. The van der Waals surface area contributed by atoms with Gasteiger partial charge in [-0.25, -0.2) is 0 Å². The van der Waals surface area contributed by atoms with E-state index in [1.807, 2.05) is 0 Å². The number of carbonyl (C=O) groups excluding carboxylic acids is 1. The third kappa shape index (κ3) is 1.55. The van der Waals surface area contributed by atoms with Crippen LogP contribution in [-0.2, 0) is 9.59 Å². The maximum absolute atomic E-state index is 11.3. The molecule has 1 saturated heterocycles. The molecular formula is C7H12N2O3. The molecule has 1 fully saturated rings. The highest BCUT2D eigenvalue weighted by atomic mass is 16.4. The van der Waals surface area contributed by atoms with Crippen molar-refractivity contribution in [2.75, 3.05) is 13.1 Å². The number of nitrogens with two attached hydrogens (primary N) is 1. The lowest BCUT2D eigenvalue weighted by atomic mass is 10.0. The molecule has 0 bridgehead atoms. The first-order valence-electron chi connectivity index (χ1n) is 3.73. The van der Waals surface area contributed by atoms with Gasteiger partial charge in [0.05, 0.1) is 5.54 Å². The largest absolute Gasteiger partial charge is 0.480 e. The summed E-state index contributed by atoms with van der Waals surface area (Å²) in [5.41, 5.74) is 4.74. The number of likely N-dealkylation sites (tertiary alicyclic amines) is 1. The summed E-state index contributed by atoms with van der Waals surface area (Å²) < 4.78 is 0. The summed E-state index contributed by atoms with van der Waals surface area (Å²) in [5, 5.41) is 8.43. The van der Waals surface area contributed by atoms with Gasteiger partial charge in [-0.3, -0.25) is 9.59 Å². The van der Waals surface area contributed by atoms with Gasteiger partial charge in [0.25, 0.3) is 0 Å². The van der Waals surface area contributed by atoms with Crippen LogP contribution in [0.3, 0.4) is 0 Å². The number of rotatable bonds is 2. The Balaban J connectivity index is 2.62. The minimum absolute atomic E-state index is 0.244. The molecule has 0 spiro atoms. The first-order valence-corrected chi connectivity index (χ1v) is 3.73. The van der Waals surface area contributed by atoms with Gasteiger partial charge in [0, 0.05) is 6.54 Å². The Labute approximate surface area is 70.1 Å². The zero-order chi connectivity index (χ0) is 9.35. The van der Waals surface area contributed by atoms with Crippen LogP contribution < -0.4 is 5.73 Å². The van der Waals surface area contributed by atoms with Gasteiger partial charge in [-0.1, -0.05) is 0 Å². The molecule has 1 atom stereocenters. The minimum atomic E-state index is -0.999. The Kier molecular flexibility index (Phi) is 2.06. The van der Waals surface area contributed by atoms with Crippen molar-refractivity contribution in [3.63, 3.8) is 0 Å². The van der Waals surface area contributed by atoms with E-state index >= 15 is 0 Å². The quantitative estimate of drug-likeness (QED) is 0.560. The van der Waals surface area contributed by atoms with Crippen molar-refractivity contribution in [3.05, 3.63) is 0 Å². The van der Waals surface area contributed by atoms with Crippen LogP contribution in [0.1, 0.15) is 13.3 Å². The normalized spacial score (nSPS) is 29.5. The molecule has 3 N–H and O–H groups in total. The molecule has 1 amide bonds. The smallest absolute Gasteiger partial charge is 0.323 e. The first kappa shape index (κ1) is 8.99. The molecule has 0 aromatic rings. The topological polar surface area (TPSA) is 83.6 Å². The van der Waals surface area contributed by atoms with Gasteiger partial charge in [0.1, 0.15) is 6.54 Å². The third-order valence-electron chi connectivity index (χ3n) is 2.00. The number of aliphatic carboxylic acids is 1. The molecule has 5 nitrogen and oxygen atoms in total. The lowest BCUT2D eigenvalue weighted by Crippen LogP contribution is -2.46. The fourth-order valence-electron chi connectivity index (χ4n) is 1.25. The van der Waals surface area contributed by atoms with E-state index in [2.05, 4.69) is 0 Å². The number of hydrogen-bond donors (Lipinski definition) is 2. The summed E-state index contributed by atoms with van der Waals surface area (Å²) in [6.45, 7) is 1.82. The van der Waals surface area contributed by atoms with Gasteiger partial charge in [0.2, 0.25) is 5.91 Å². The molecular weight excluding hydrogens is 160 g/mol. The molecule has 0 aliphatic carbocycles. The van der Waals surface area contributed by atoms with Crippen molar-refractivity contribution in [3.8, 4) is 0 Å². The van der Waals surface area contributed by atoms with Crippen LogP contribution in [0.2, 0.25) is 0 Å². The van der Waals surface area contributed by atoms with Crippen molar-refractivity contribution in [1.29, 1.82) is 0 Å². The highest BCUT2D eigenvalue weighted by molar-refractivity contribution is 5.90. The Morgan fingerprint density at radius 1 is 1.83 bits per heavy atom. The van der Waals surface area contributed by atoms with E-state index in [4.69, 9.17) is 10.8 Å². The predicted octanol–water partition coefficient (Wildman–Crippen LogP) is -0.979. The van der Waals surface area contributed by atoms with E-state index < -0.39 is 11.5 Å². The average molecular weight is 172 g/mol. The van der Waals surface area contributed by atoms with E-state index in [0.717, 1.165) is 0 Å². The lowest BCUT2D eigenvalue weighted by Gasteiger charge is -2.17. The van der Waals surface area contributed by atoms with Gasteiger partial charge < -0.3 is 15.7 Å². The van der Waals surface area contributed by atoms with Gasteiger partial charge in [0.15, 0.2) is 0 Å². The molecule has 0 aromatic carbocycles. The number of nitrogens with zero attached hydrogens (tertiary/aromatic N) is 1. The van der Waals surface area contributed by atoms with Crippen LogP contribution in [0.15, 0.2) is 0 Å². The zero-order valence-electron chi connectivity index (χ0n) is 6.91. The molecule has 0 saturated carbocycles. The Morgan fingerprint density at radius 2 is 2.42 bits per heavy atom. The maximum Gasteiger partial charge on any atom is 0.323 e. The SMILES string of the molecule is C[C@]1(N)CCN(CC(=O)O)C1=O. The summed E-state index contributed by atoms with van der Waals surface area (Å²) in [6, 6.07) is 0. The Morgan fingerprint density at radius 3 is 2.75 bits per heavy atom. The predicted molar refractivity (Wildman–Crippen MR) is 41.4 cm³/mol. The number of carboxylic acids is 1. The zero-order valence-corrected chi connectivity index (χ0v) is 6.91. The summed E-state index contributed by atoms with van der Waals surface area (Å²) in [7, 11) is 0. The monoisotopic (exact) mass is 172 g/mol. The second kappa shape index (κ2) is 2.75. The summed E-state index contributed by atoms with van der Waals surface area (Å²) in [6.07, 6.45) is 0.527. The highest BCUT2D eigenvalue weighted by Crippen LogP contribution is 2.18. The second-order valence-corrected chi connectivity index (χ2v) is 3.29. The van der Waals surface area contributed by atoms with Crippen molar-refractivity contribution < 1.29 is 14.7 Å². The van der Waals surface area contributed by atoms with Gasteiger partial charge in [-0.05, 0) is 13.3 Å². The minimum Gasteiger partial charge on any atom is -0.480 e. The van der Waals surface area contributed by atoms with Crippen LogP contribution in [0, 0.1) is 0 Å². The summed E-state index contributed by atoms with van der Waals surface area (Å²) in [5.74, 6) is -1.27. The molecule has 1 heterocycles. The standard InChI is InChI=1S/C7H12N2O3/c1-7(8)2-3-9(6(7)12)4-5(10)11/h2-4,8H2,1H3,(H,10,11)/t7-/m0/s1. The van der Waals surface area contributed by atoms with E-state index in [1.54, 1.807) is 6.92 Å². The van der Waals surface area contributed by atoms with Gasteiger partial charge in [-0.2, -0.15) is 0 Å². The molecule has 1 aliphatic rings. The molecule has 12 heavy (non-hydrogen) atoms.